The number of hydrogen-bond donors (Lipinski definition) is 3. The Labute approximate surface area is 530 Å². The number of carbonyl (C=O) groups excluding carboxylic acids is 3. The van der Waals surface area contributed by atoms with Crippen LogP contribution in [0.25, 0.3) is 0 Å². The molecule has 27 atom stereocenters. The van der Waals surface area contributed by atoms with E-state index in [2.05, 4.69) is 77.0 Å². The standard InChI is InChI=1S/3C26H43NO2/c3*1-17-10-13-27(15-17)16-24(28)23-7-6-22-21-5-4-18-14-25(2,29)11-8-19(18)20(21)9-12-26(22,23)3/h3*17-23,29H,4-16H2,1-3H3/t17?,18-,19+,20-,21-,22+,23-,25-,26+;17?,18-,19-,20+,21+,22-,23+,25+,26-;17-,18-,19+,20-,21-,22+,23-,25-,26+/m101/s1. The van der Waals surface area contributed by atoms with Crippen LogP contribution in [0, 0.1) is 141 Å². The minimum atomic E-state index is -0.422. The van der Waals surface area contributed by atoms with Gasteiger partial charge < -0.3 is 15.3 Å². The molecule has 0 spiro atoms. The average Bonchev–Trinajstić information content (AvgIpc) is 1.82. The topological polar surface area (TPSA) is 122 Å². The van der Waals surface area contributed by atoms with Crippen LogP contribution < -0.4 is 0 Å². The third kappa shape index (κ3) is 12.6. The molecule has 0 amide bonds. The van der Waals surface area contributed by atoms with E-state index in [0.717, 1.165) is 204 Å². The highest BCUT2D eigenvalue weighted by Crippen LogP contribution is 2.68. The first-order chi connectivity index (χ1) is 41.3. The van der Waals surface area contributed by atoms with Crippen LogP contribution in [0.4, 0.5) is 0 Å². The van der Waals surface area contributed by atoms with Crippen molar-refractivity contribution in [1.29, 1.82) is 0 Å². The molecule has 3 saturated heterocycles. The summed E-state index contributed by atoms with van der Waals surface area (Å²) in [4.78, 5) is 47.3. The molecule has 87 heavy (non-hydrogen) atoms. The smallest absolute Gasteiger partial charge is 0.150 e. The van der Waals surface area contributed by atoms with Crippen molar-refractivity contribution in [2.24, 2.45) is 141 Å². The Hall–Kier alpha value is -1.23. The monoisotopic (exact) mass is 1200 g/mol. The van der Waals surface area contributed by atoms with Gasteiger partial charge in [0.1, 0.15) is 17.3 Å². The average molecular weight is 1200 g/mol. The van der Waals surface area contributed by atoms with E-state index >= 15 is 0 Å². The Kier molecular flexibility index (Phi) is 18.4. The second-order valence-corrected chi connectivity index (χ2v) is 37.3. The number of ketones is 3. The van der Waals surface area contributed by atoms with Gasteiger partial charge in [0.25, 0.3) is 0 Å². The van der Waals surface area contributed by atoms with E-state index in [1.54, 1.807) is 0 Å². The van der Waals surface area contributed by atoms with Gasteiger partial charge in [0, 0.05) is 37.4 Å². The van der Waals surface area contributed by atoms with Crippen LogP contribution in [0.2, 0.25) is 0 Å². The predicted octanol–water partition coefficient (Wildman–Crippen LogP) is 14.8. The van der Waals surface area contributed by atoms with Gasteiger partial charge >= 0.3 is 0 Å². The van der Waals surface area contributed by atoms with E-state index in [1.165, 1.54) is 135 Å². The predicted molar refractivity (Wildman–Crippen MR) is 349 cm³/mol. The van der Waals surface area contributed by atoms with Crippen molar-refractivity contribution < 1.29 is 29.7 Å². The lowest BCUT2D eigenvalue weighted by atomic mass is 9.49. The molecule has 0 aromatic rings. The van der Waals surface area contributed by atoms with Crippen molar-refractivity contribution in [2.45, 2.75) is 272 Å². The number of aliphatic hydroxyl groups is 3. The van der Waals surface area contributed by atoms with Crippen LogP contribution in [0.15, 0.2) is 0 Å². The Bertz CT molecular complexity index is 2200. The van der Waals surface area contributed by atoms with Gasteiger partial charge in [-0.25, -0.2) is 0 Å². The minimum absolute atomic E-state index is 0.261. The van der Waals surface area contributed by atoms with Crippen molar-refractivity contribution in [2.75, 3.05) is 58.9 Å². The Morgan fingerprint density at radius 1 is 0.322 bits per heavy atom. The lowest BCUT2D eigenvalue weighted by Gasteiger charge is -2.56. The van der Waals surface area contributed by atoms with Gasteiger partial charge in [-0.05, 0) is 356 Å². The maximum Gasteiger partial charge on any atom is 0.150 e. The third-order valence-corrected chi connectivity index (χ3v) is 31.5. The molecule has 12 saturated carbocycles. The lowest BCUT2D eigenvalue weighted by molar-refractivity contribution is -0.133. The molecule has 15 aliphatic rings. The number of fused-ring (bicyclic) bond motifs is 15. The zero-order valence-electron chi connectivity index (χ0n) is 57.1. The summed E-state index contributed by atoms with van der Waals surface area (Å²) >= 11 is 0. The normalized spacial score (nSPS) is 52.6. The molecular weight excluding hydrogens is 1070 g/mol. The summed E-state index contributed by atoms with van der Waals surface area (Å²) < 4.78 is 0. The highest BCUT2D eigenvalue weighted by atomic mass is 16.3. The van der Waals surface area contributed by atoms with Gasteiger partial charge in [-0.2, -0.15) is 0 Å². The summed E-state index contributed by atoms with van der Waals surface area (Å²) in [5.41, 5.74) is -0.483. The Morgan fingerprint density at radius 3 is 0.839 bits per heavy atom. The molecule has 3 N–H and O–H groups in total. The van der Waals surface area contributed by atoms with Crippen molar-refractivity contribution in [3.05, 3.63) is 0 Å². The first-order valence-electron chi connectivity index (χ1n) is 38.2. The number of carbonyl (C=O) groups is 3. The fraction of sp³-hybridized carbons (Fsp3) is 0.962. The van der Waals surface area contributed by atoms with E-state index in [-0.39, 0.29) is 16.2 Å². The largest absolute Gasteiger partial charge is 0.390 e. The molecule has 0 aromatic carbocycles. The minimum Gasteiger partial charge on any atom is -0.390 e. The van der Waals surface area contributed by atoms with Crippen molar-refractivity contribution in [3.63, 3.8) is 0 Å². The molecule has 492 valence electrons. The number of Topliss-reactive ketones (excluding diaryl/α,β-unsaturated/α-hetero) is 3. The van der Waals surface area contributed by atoms with E-state index in [9.17, 15) is 29.7 Å². The second kappa shape index (κ2) is 24.8. The van der Waals surface area contributed by atoms with E-state index in [4.69, 9.17) is 0 Å². The van der Waals surface area contributed by atoms with Gasteiger partial charge in [-0.3, -0.25) is 29.1 Å². The highest BCUT2D eigenvalue weighted by Gasteiger charge is 2.62. The summed E-state index contributed by atoms with van der Waals surface area (Å²) in [7, 11) is 0. The first kappa shape index (κ1) is 64.5. The van der Waals surface area contributed by atoms with Gasteiger partial charge in [0.05, 0.1) is 36.4 Å². The molecular formula is C78H129N3O6. The summed E-state index contributed by atoms with van der Waals surface area (Å²) in [6.07, 6.45) is 36.7. The maximum absolute atomic E-state index is 13.4. The van der Waals surface area contributed by atoms with Gasteiger partial charge in [-0.1, -0.05) is 41.5 Å². The molecule has 3 heterocycles. The molecule has 0 radical (unpaired) electrons. The lowest BCUT2D eigenvalue weighted by Crippen LogP contribution is -2.51. The maximum atomic E-state index is 13.4. The zero-order chi connectivity index (χ0) is 61.2. The molecule has 3 aliphatic heterocycles. The number of hydrogen-bond acceptors (Lipinski definition) is 9. The van der Waals surface area contributed by atoms with E-state index < -0.39 is 16.8 Å². The molecule has 0 aromatic heterocycles. The fourth-order valence-corrected chi connectivity index (χ4v) is 27.3. The number of likely N-dealkylation sites (tertiary alicyclic amines) is 3. The Balaban J connectivity index is 0.000000121. The summed E-state index contributed by atoms with van der Waals surface area (Å²) in [6.45, 7) is 29.5. The van der Waals surface area contributed by atoms with Crippen molar-refractivity contribution >= 4 is 17.3 Å². The summed E-state index contributed by atoms with van der Waals surface area (Å²) in [5.74, 6) is 17.2. The van der Waals surface area contributed by atoms with Crippen LogP contribution >= 0.6 is 0 Å². The highest BCUT2D eigenvalue weighted by molar-refractivity contribution is 5.85. The van der Waals surface area contributed by atoms with Crippen molar-refractivity contribution in [3.8, 4) is 0 Å². The van der Waals surface area contributed by atoms with Crippen LogP contribution in [0.3, 0.4) is 0 Å². The quantitative estimate of drug-likeness (QED) is 0.207. The molecule has 2 unspecified atom stereocenters. The summed E-state index contributed by atoms with van der Waals surface area (Å²) in [5, 5.41) is 31.8. The molecule has 15 fully saturated rings. The Morgan fingerprint density at radius 2 is 0.586 bits per heavy atom. The first-order valence-corrected chi connectivity index (χ1v) is 38.2. The molecule has 12 aliphatic carbocycles. The van der Waals surface area contributed by atoms with E-state index in [1.807, 2.05) is 0 Å². The van der Waals surface area contributed by atoms with Crippen LogP contribution in [0.1, 0.15) is 255 Å². The van der Waals surface area contributed by atoms with Crippen LogP contribution in [-0.2, 0) is 14.4 Å². The zero-order valence-corrected chi connectivity index (χ0v) is 57.1. The number of rotatable bonds is 9. The van der Waals surface area contributed by atoms with E-state index in [0.29, 0.717) is 54.7 Å². The third-order valence-electron chi connectivity index (χ3n) is 31.5. The molecule has 0 bridgehead atoms. The van der Waals surface area contributed by atoms with Crippen molar-refractivity contribution in [1.82, 2.24) is 14.7 Å². The number of nitrogens with zero attached hydrogens (tertiary/aromatic N) is 3. The molecule has 9 heteroatoms. The second-order valence-electron chi connectivity index (χ2n) is 37.3. The summed E-state index contributed by atoms with van der Waals surface area (Å²) in [6, 6.07) is 0. The fourth-order valence-electron chi connectivity index (χ4n) is 27.3. The molecule has 9 nitrogen and oxygen atoms in total. The molecule has 15 rings (SSSR count). The van der Waals surface area contributed by atoms with Gasteiger partial charge in [0.15, 0.2) is 0 Å². The van der Waals surface area contributed by atoms with Crippen LogP contribution in [0.5, 0.6) is 0 Å². The van der Waals surface area contributed by atoms with Gasteiger partial charge in [-0.15, -0.1) is 0 Å². The SMILES string of the molecule is CC1CCN(CC(=O)[C@H]2CC[C@H]3[C@@H]4CC[C@@H]5C[C@](C)(O)CC[C@@H]5[C@H]4CC[C@]23C)C1.CC1CCN(CC(=O)[C@H]2CC[C@H]3[C@@H]4CC[C@H]5C[C@](C)(O)CC[C@@H]5[C@H]4CC[C@]23C)C1.C[C@@H]1CCN(CC(=O)[C@H]2CC[C@H]3[C@@H]4CC[C@@H]5C[C@](C)(O)CC[C@@H]5[C@H]4CC[C@]23C)C1. The van der Waals surface area contributed by atoms with Crippen LogP contribution in [-0.4, -0.2) is 123 Å². The van der Waals surface area contributed by atoms with Gasteiger partial charge in [0.2, 0.25) is 0 Å².